The van der Waals surface area contributed by atoms with Crippen LogP contribution >= 0.6 is 0 Å². The lowest BCUT2D eigenvalue weighted by atomic mass is 10.2. The lowest BCUT2D eigenvalue weighted by Crippen LogP contribution is -2.43. The normalized spacial score (nSPS) is 15.1. The average molecular weight is 288 g/mol. The van der Waals surface area contributed by atoms with Gasteiger partial charge >= 0.3 is 0 Å². The minimum absolute atomic E-state index is 0.623. The molecule has 0 saturated carbocycles. The predicted octanol–water partition coefficient (Wildman–Crippen LogP) is 1.74. The first kappa shape index (κ1) is 15.7. The van der Waals surface area contributed by atoms with Gasteiger partial charge < -0.3 is 14.8 Å². The molecule has 1 heterocycles. The zero-order valence-electron chi connectivity index (χ0n) is 12.9. The zero-order valence-corrected chi connectivity index (χ0v) is 12.9. The van der Waals surface area contributed by atoms with Gasteiger partial charge in [0.25, 0.3) is 0 Å². The van der Waals surface area contributed by atoms with Crippen LogP contribution in [0.15, 0.2) is 18.2 Å². The summed E-state index contributed by atoms with van der Waals surface area (Å²) in [6, 6.07) is 5.88. The molecule has 0 aromatic heterocycles. The molecule has 0 amide bonds. The number of nitrogens with one attached hydrogen (secondary N) is 1. The van der Waals surface area contributed by atoms with Crippen LogP contribution in [0.5, 0.6) is 11.5 Å². The van der Waals surface area contributed by atoms with Gasteiger partial charge in [0.05, 0.1) is 19.8 Å². The predicted molar refractivity (Wildman–Crippen MR) is 85.0 cm³/mol. The maximum atomic E-state index is 5.62. The Morgan fingerprint density at radius 1 is 1.10 bits per heavy atom. The highest BCUT2D eigenvalue weighted by Crippen LogP contribution is 2.28. The molecule has 2 rings (SSSR count). The van der Waals surface area contributed by atoms with E-state index < -0.39 is 0 Å². The van der Waals surface area contributed by atoms with E-state index in [0.717, 1.165) is 49.8 Å². The van der Waals surface area contributed by atoms with Crippen LogP contribution in [0.2, 0.25) is 0 Å². The summed E-state index contributed by atoms with van der Waals surface area (Å²) < 4.78 is 11.2. The van der Waals surface area contributed by atoms with Crippen LogP contribution in [-0.2, 0) is 0 Å². The number of piperazine rings is 1. The van der Waals surface area contributed by atoms with Crippen LogP contribution < -0.4 is 14.8 Å². The lowest BCUT2D eigenvalue weighted by molar-refractivity contribution is 0.268. The van der Waals surface area contributed by atoms with Gasteiger partial charge in [-0.05, 0) is 32.0 Å². The Kier molecular flexibility index (Phi) is 6.39. The van der Waals surface area contributed by atoms with E-state index in [4.69, 9.17) is 9.47 Å². The third-order valence-corrected chi connectivity index (χ3v) is 3.29. The van der Waals surface area contributed by atoms with Gasteiger partial charge in [-0.25, -0.2) is 0 Å². The number of ether oxygens (including phenoxy) is 2. The molecule has 1 fully saturated rings. The van der Waals surface area contributed by atoms with Gasteiger partial charge in [-0.15, -0.1) is 0 Å². The Labute approximate surface area is 127 Å². The summed E-state index contributed by atoms with van der Waals surface area (Å²) in [6.45, 7) is 10.3. The van der Waals surface area contributed by atoms with Crippen molar-refractivity contribution in [2.24, 2.45) is 0 Å². The van der Waals surface area contributed by atoms with E-state index in [1.165, 1.54) is 0 Å². The Morgan fingerprint density at radius 3 is 2.52 bits per heavy atom. The molecule has 21 heavy (non-hydrogen) atoms. The summed E-state index contributed by atoms with van der Waals surface area (Å²) in [6.07, 6.45) is 0. The largest absolute Gasteiger partial charge is 0.490 e. The minimum atomic E-state index is 0.623. The molecule has 4 nitrogen and oxygen atoms in total. The smallest absolute Gasteiger partial charge is 0.162 e. The molecular weight excluding hydrogens is 264 g/mol. The number of rotatable bonds is 5. The molecule has 114 valence electrons. The molecule has 0 spiro atoms. The van der Waals surface area contributed by atoms with Crippen molar-refractivity contribution in [3.8, 4) is 23.3 Å². The van der Waals surface area contributed by atoms with E-state index >= 15 is 0 Å². The van der Waals surface area contributed by atoms with Crippen molar-refractivity contribution in [1.82, 2.24) is 10.2 Å². The number of hydrogen-bond donors (Lipinski definition) is 1. The molecule has 1 N–H and O–H groups in total. The van der Waals surface area contributed by atoms with Crippen molar-refractivity contribution in [3.05, 3.63) is 23.8 Å². The SMILES string of the molecule is CCOc1ccc(C#CCN2CCNCC2)cc1OCC. The number of benzene rings is 1. The van der Waals surface area contributed by atoms with Crippen molar-refractivity contribution in [2.45, 2.75) is 13.8 Å². The van der Waals surface area contributed by atoms with Crippen LogP contribution in [0, 0.1) is 11.8 Å². The van der Waals surface area contributed by atoms with Gasteiger partial charge in [0.2, 0.25) is 0 Å². The molecule has 1 aliphatic heterocycles. The monoisotopic (exact) mass is 288 g/mol. The zero-order chi connectivity index (χ0) is 14.9. The summed E-state index contributed by atoms with van der Waals surface area (Å²) >= 11 is 0. The highest BCUT2D eigenvalue weighted by Gasteiger charge is 2.07. The van der Waals surface area contributed by atoms with Crippen LogP contribution in [-0.4, -0.2) is 50.8 Å². The maximum absolute atomic E-state index is 5.62. The molecular formula is C17H24N2O2. The van der Waals surface area contributed by atoms with Gasteiger partial charge in [-0.2, -0.15) is 0 Å². The summed E-state index contributed by atoms with van der Waals surface area (Å²) in [5.41, 5.74) is 0.969. The van der Waals surface area contributed by atoms with Crippen molar-refractivity contribution in [3.63, 3.8) is 0 Å². The second kappa shape index (κ2) is 8.56. The molecule has 1 aliphatic rings. The molecule has 0 atom stereocenters. The van der Waals surface area contributed by atoms with E-state index in [2.05, 4.69) is 22.1 Å². The molecule has 0 aliphatic carbocycles. The van der Waals surface area contributed by atoms with Gasteiger partial charge in [-0.3, -0.25) is 4.90 Å². The second-order valence-electron chi connectivity index (χ2n) is 4.86. The highest BCUT2D eigenvalue weighted by molar-refractivity contribution is 5.48. The van der Waals surface area contributed by atoms with Crippen molar-refractivity contribution in [2.75, 3.05) is 45.9 Å². The van der Waals surface area contributed by atoms with E-state index in [1.807, 2.05) is 32.0 Å². The quantitative estimate of drug-likeness (QED) is 0.837. The van der Waals surface area contributed by atoms with E-state index in [9.17, 15) is 0 Å². The van der Waals surface area contributed by atoms with E-state index in [0.29, 0.717) is 13.2 Å². The number of hydrogen-bond acceptors (Lipinski definition) is 4. The van der Waals surface area contributed by atoms with E-state index in [1.54, 1.807) is 0 Å². The standard InChI is InChI=1S/C17H24N2O2/c1-3-20-16-8-7-15(14-17(16)21-4-2)6-5-11-19-12-9-18-10-13-19/h7-8,14,18H,3-4,9-13H2,1-2H3. The molecule has 1 aromatic rings. The topological polar surface area (TPSA) is 33.7 Å². The fourth-order valence-corrected chi connectivity index (χ4v) is 2.25. The first-order chi connectivity index (χ1) is 10.3. The Morgan fingerprint density at radius 2 is 1.81 bits per heavy atom. The van der Waals surface area contributed by atoms with Gasteiger partial charge in [0, 0.05) is 31.7 Å². The van der Waals surface area contributed by atoms with Crippen LogP contribution in [0.25, 0.3) is 0 Å². The third kappa shape index (κ3) is 4.96. The lowest BCUT2D eigenvalue weighted by Gasteiger charge is -2.24. The first-order valence-electron chi connectivity index (χ1n) is 7.65. The number of nitrogens with zero attached hydrogens (tertiary/aromatic N) is 1. The van der Waals surface area contributed by atoms with Crippen LogP contribution in [0.1, 0.15) is 19.4 Å². The van der Waals surface area contributed by atoms with Crippen molar-refractivity contribution < 1.29 is 9.47 Å². The van der Waals surface area contributed by atoms with Gasteiger partial charge in [0.15, 0.2) is 11.5 Å². The summed E-state index contributed by atoms with van der Waals surface area (Å²) in [5.74, 6) is 8.01. The van der Waals surface area contributed by atoms with Gasteiger partial charge in [-0.1, -0.05) is 11.8 Å². The van der Waals surface area contributed by atoms with Crippen LogP contribution in [0.4, 0.5) is 0 Å². The average Bonchev–Trinajstić information content (AvgIpc) is 2.51. The minimum Gasteiger partial charge on any atom is -0.490 e. The van der Waals surface area contributed by atoms with Gasteiger partial charge in [0.1, 0.15) is 0 Å². The molecule has 4 heteroatoms. The third-order valence-electron chi connectivity index (χ3n) is 3.29. The summed E-state index contributed by atoms with van der Waals surface area (Å²) in [7, 11) is 0. The molecule has 1 aromatic carbocycles. The highest BCUT2D eigenvalue weighted by atomic mass is 16.5. The van der Waals surface area contributed by atoms with Crippen LogP contribution in [0.3, 0.4) is 0 Å². The molecule has 0 unspecified atom stereocenters. The second-order valence-corrected chi connectivity index (χ2v) is 4.86. The Hall–Kier alpha value is -1.70. The summed E-state index contributed by atoms with van der Waals surface area (Å²) in [4.78, 5) is 2.36. The van der Waals surface area contributed by atoms with E-state index in [-0.39, 0.29) is 0 Å². The molecule has 0 radical (unpaired) electrons. The Bertz CT molecular complexity index is 499. The van der Waals surface area contributed by atoms with Crippen molar-refractivity contribution >= 4 is 0 Å². The Balaban J connectivity index is 2.00. The maximum Gasteiger partial charge on any atom is 0.162 e. The molecule has 0 bridgehead atoms. The summed E-state index contributed by atoms with van der Waals surface area (Å²) in [5, 5.41) is 3.34. The molecule has 1 saturated heterocycles. The fraction of sp³-hybridized carbons (Fsp3) is 0.529. The first-order valence-corrected chi connectivity index (χ1v) is 7.65. The fourth-order valence-electron chi connectivity index (χ4n) is 2.25. The van der Waals surface area contributed by atoms with Crippen molar-refractivity contribution in [1.29, 1.82) is 0 Å².